The molecule has 3 rings (SSSR count). The van der Waals surface area contributed by atoms with Crippen LogP contribution in [0.4, 0.5) is 11.4 Å². The third kappa shape index (κ3) is 4.61. The van der Waals surface area contributed by atoms with Crippen molar-refractivity contribution in [2.75, 3.05) is 0 Å². The summed E-state index contributed by atoms with van der Waals surface area (Å²) in [6, 6.07) is 8.80. The zero-order valence-corrected chi connectivity index (χ0v) is 14.8. The van der Waals surface area contributed by atoms with Crippen LogP contribution >= 0.6 is 0 Å². The van der Waals surface area contributed by atoms with E-state index >= 15 is 0 Å². The molecule has 142 valence electrons. The number of allylic oxidation sites excluding steroid dienone is 6. The van der Waals surface area contributed by atoms with Crippen LogP contribution in [-0.4, -0.2) is 15.8 Å². The van der Waals surface area contributed by atoms with Crippen molar-refractivity contribution >= 4 is 22.9 Å². The molecule has 2 aromatic carbocycles. The topological polar surface area (TPSA) is 113 Å². The molecule has 8 heteroatoms. The zero-order chi connectivity index (χ0) is 20.8. The van der Waals surface area contributed by atoms with Gasteiger partial charge in [-0.3, -0.25) is 20.2 Å². The van der Waals surface area contributed by atoms with Crippen LogP contribution in [0.25, 0.3) is 5.57 Å². The van der Waals surface area contributed by atoms with Gasteiger partial charge in [0.2, 0.25) is 0 Å². The fourth-order valence-corrected chi connectivity index (χ4v) is 2.49. The Morgan fingerprint density at radius 2 is 1.55 bits per heavy atom. The normalized spacial score (nSPS) is 13.2. The van der Waals surface area contributed by atoms with Crippen LogP contribution in [0.1, 0.15) is 15.9 Å². The second kappa shape index (κ2) is 8.45. The van der Waals surface area contributed by atoms with E-state index in [4.69, 9.17) is 4.74 Å². The number of carbonyl (C=O) groups is 1. The standard InChI is InChI=1S/C21H12N2O6/c24-21(16-8-10-17(11-9-16)22(25)26)29-20-13-12-18(23(27)28)14-19(20)15-6-4-2-1-3-5-7-15/h2,4-14H/b4-2-,6-4?,7-5?,15-6?,15-7?. The van der Waals surface area contributed by atoms with Gasteiger partial charge in [0, 0.05) is 29.8 Å². The molecular formula is C21H12N2O6. The Morgan fingerprint density at radius 1 is 0.897 bits per heavy atom. The van der Waals surface area contributed by atoms with Crippen LogP contribution in [0, 0.1) is 32.1 Å². The van der Waals surface area contributed by atoms with Gasteiger partial charge in [-0.05, 0) is 42.0 Å². The van der Waals surface area contributed by atoms with Crippen LogP contribution in [0.2, 0.25) is 0 Å². The molecule has 8 nitrogen and oxygen atoms in total. The minimum absolute atomic E-state index is 0.104. The number of hydrogen-bond acceptors (Lipinski definition) is 6. The van der Waals surface area contributed by atoms with Gasteiger partial charge in [-0.15, -0.1) is 0 Å². The minimum Gasteiger partial charge on any atom is -0.422 e. The number of nitrogens with zero attached hydrogens (tertiary/aromatic N) is 2. The second-order valence-electron chi connectivity index (χ2n) is 5.73. The number of non-ortho nitro benzene ring substituents is 2. The Balaban J connectivity index is 1.97. The lowest BCUT2D eigenvalue weighted by Gasteiger charge is -2.11. The van der Waals surface area contributed by atoms with Crippen molar-refractivity contribution in [3.63, 3.8) is 0 Å². The maximum atomic E-state index is 12.5. The first-order chi connectivity index (χ1) is 14.0. The highest BCUT2D eigenvalue weighted by Gasteiger charge is 2.18. The molecule has 0 spiro atoms. The molecule has 1 aliphatic carbocycles. The monoisotopic (exact) mass is 388 g/mol. The molecule has 0 amide bonds. The Hall–Kier alpha value is -4.51. The number of hydrogen-bond donors (Lipinski definition) is 0. The van der Waals surface area contributed by atoms with Crippen molar-refractivity contribution in [1.29, 1.82) is 0 Å². The Labute approximate surface area is 164 Å². The van der Waals surface area contributed by atoms with Gasteiger partial charge >= 0.3 is 5.97 Å². The van der Waals surface area contributed by atoms with E-state index in [0.717, 1.165) is 0 Å². The average molecular weight is 388 g/mol. The fourth-order valence-electron chi connectivity index (χ4n) is 2.49. The largest absolute Gasteiger partial charge is 0.422 e. The molecule has 0 atom stereocenters. The van der Waals surface area contributed by atoms with Crippen LogP contribution < -0.4 is 4.74 Å². The smallest absolute Gasteiger partial charge is 0.343 e. The summed E-state index contributed by atoms with van der Waals surface area (Å²) in [5.41, 5.74) is 0.675. The number of carbonyl (C=O) groups excluding carboxylic acids is 1. The lowest BCUT2D eigenvalue weighted by Crippen LogP contribution is -2.10. The minimum atomic E-state index is -0.749. The van der Waals surface area contributed by atoms with Crippen molar-refractivity contribution in [1.82, 2.24) is 0 Å². The lowest BCUT2D eigenvalue weighted by atomic mass is 10.0. The molecule has 0 saturated heterocycles. The Bertz CT molecular complexity index is 1150. The molecule has 2 aromatic rings. The van der Waals surface area contributed by atoms with E-state index in [-0.39, 0.29) is 22.7 Å². The predicted molar refractivity (Wildman–Crippen MR) is 105 cm³/mol. The molecule has 0 bridgehead atoms. The summed E-state index contributed by atoms with van der Waals surface area (Å²) in [6.45, 7) is 0. The first-order valence-corrected chi connectivity index (χ1v) is 8.25. The van der Waals surface area contributed by atoms with E-state index in [9.17, 15) is 25.0 Å². The predicted octanol–water partition coefficient (Wildman–Crippen LogP) is 4.24. The molecule has 1 aliphatic rings. The number of esters is 1. The van der Waals surface area contributed by atoms with E-state index in [1.54, 1.807) is 30.4 Å². The zero-order valence-electron chi connectivity index (χ0n) is 14.8. The number of benzene rings is 2. The number of ether oxygens (including phenoxy) is 1. The maximum absolute atomic E-state index is 12.5. The van der Waals surface area contributed by atoms with E-state index in [1.807, 2.05) is 0 Å². The van der Waals surface area contributed by atoms with Crippen LogP contribution in [-0.2, 0) is 0 Å². The maximum Gasteiger partial charge on any atom is 0.343 e. The average Bonchev–Trinajstić information content (AvgIpc) is 2.68. The van der Waals surface area contributed by atoms with E-state index in [0.29, 0.717) is 11.1 Å². The highest BCUT2D eigenvalue weighted by atomic mass is 16.6. The van der Waals surface area contributed by atoms with Crippen LogP contribution in [0.15, 0.2) is 72.8 Å². The van der Waals surface area contributed by atoms with Crippen molar-refractivity contribution in [2.45, 2.75) is 0 Å². The summed E-state index contributed by atoms with van der Waals surface area (Å²) in [5.74, 6) is 4.89. The van der Waals surface area contributed by atoms with Gasteiger partial charge in [-0.25, -0.2) is 4.79 Å². The summed E-state index contributed by atoms with van der Waals surface area (Å²) in [6.07, 6.45) is 8.21. The van der Waals surface area contributed by atoms with Gasteiger partial charge in [-0.2, -0.15) is 0 Å². The van der Waals surface area contributed by atoms with Gasteiger partial charge in [0.1, 0.15) is 5.75 Å². The van der Waals surface area contributed by atoms with Crippen molar-refractivity contribution in [3.05, 3.63) is 104 Å². The first-order valence-electron chi connectivity index (χ1n) is 8.25. The highest BCUT2D eigenvalue weighted by molar-refractivity contribution is 5.92. The van der Waals surface area contributed by atoms with E-state index < -0.39 is 15.8 Å². The molecule has 0 unspecified atom stereocenters. The molecule has 0 heterocycles. The summed E-state index contributed by atoms with van der Waals surface area (Å²) in [4.78, 5) is 33.3. The quantitative estimate of drug-likeness (QED) is 0.249. The van der Waals surface area contributed by atoms with Gasteiger partial charge in [-0.1, -0.05) is 24.0 Å². The summed E-state index contributed by atoms with van der Waals surface area (Å²) >= 11 is 0. The summed E-state index contributed by atoms with van der Waals surface area (Å²) in [7, 11) is 0. The van der Waals surface area contributed by atoms with Crippen molar-refractivity contribution in [3.8, 4) is 17.6 Å². The number of rotatable bonds is 5. The third-order valence-corrected chi connectivity index (χ3v) is 3.89. The van der Waals surface area contributed by atoms with Crippen molar-refractivity contribution in [2.24, 2.45) is 0 Å². The molecule has 0 fully saturated rings. The van der Waals surface area contributed by atoms with Gasteiger partial charge in [0.05, 0.1) is 15.4 Å². The molecule has 0 radical (unpaired) electrons. The second-order valence-corrected chi connectivity index (χ2v) is 5.73. The first kappa shape index (κ1) is 19.3. The molecule has 0 N–H and O–H groups in total. The number of nitro groups is 2. The Kier molecular flexibility index (Phi) is 5.61. The van der Waals surface area contributed by atoms with Gasteiger partial charge in [0.25, 0.3) is 11.4 Å². The summed E-state index contributed by atoms with van der Waals surface area (Å²) < 4.78 is 5.43. The molecule has 0 saturated carbocycles. The molecule has 0 aromatic heterocycles. The molecular weight excluding hydrogens is 376 g/mol. The highest BCUT2D eigenvalue weighted by Crippen LogP contribution is 2.32. The van der Waals surface area contributed by atoms with Crippen molar-refractivity contribution < 1.29 is 19.4 Å². The van der Waals surface area contributed by atoms with E-state index in [1.165, 1.54) is 42.5 Å². The lowest BCUT2D eigenvalue weighted by molar-refractivity contribution is -0.385. The van der Waals surface area contributed by atoms with Crippen LogP contribution in [0.5, 0.6) is 5.75 Å². The Morgan fingerprint density at radius 3 is 2.24 bits per heavy atom. The van der Waals surface area contributed by atoms with E-state index in [2.05, 4.69) is 11.8 Å². The molecule has 29 heavy (non-hydrogen) atoms. The number of nitro benzene ring substituents is 2. The van der Waals surface area contributed by atoms with Crippen LogP contribution in [0.3, 0.4) is 0 Å². The SMILES string of the molecule is O=C(Oc1ccc([N+](=O)[O-])cc1C1=C/C=C\C#CC=C1)c1ccc([N+](=O)[O-])cc1. The van der Waals surface area contributed by atoms with Gasteiger partial charge in [0.15, 0.2) is 0 Å². The molecule has 0 aliphatic heterocycles. The summed E-state index contributed by atoms with van der Waals surface area (Å²) in [5, 5.41) is 21.9. The fraction of sp³-hybridized carbons (Fsp3) is 0. The van der Waals surface area contributed by atoms with Gasteiger partial charge < -0.3 is 4.74 Å². The third-order valence-electron chi connectivity index (χ3n) is 3.89.